The highest BCUT2D eigenvalue weighted by atomic mass is 16.7. The highest BCUT2D eigenvalue weighted by Gasteiger charge is 2.34. The zero-order valence-electron chi connectivity index (χ0n) is 8.55. The molecule has 1 aliphatic heterocycles. The summed E-state index contributed by atoms with van der Waals surface area (Å²) in [6.45, 7) is 4.30. The second kappa shape index (κ2) is 5.58. The van der Waals surface area contributed by atoms with E-state index < -0.39 is 0 Å². The maximum atomic E-state index is 5.63. The number of hydrogen-bond acceptors (Lipinski definition) is 3. The highest BCUT2D eigenvalue weighted by molar-refractivity contribution is 4.74. The van der Waals surface area contributed by atoms with Gasteiger partial charge in [0.15, 0.2) is 5.79 Å². The second-order valence-corrected chi connectivity index (χ2v) is 3.60. The predicted octanol–water partition coefficient (Wildman–Crippen LogP) is 1.66. The van der Waals surface area contributed by atoms with E-state index >= 15 is 0 Å². The van der Waals surface area contributed by atoms with Gasteiger partial charge >= 0.3 is 0 Å². The van der Waals surface area contributed by atoms with Crippen LogP contribution in [-0.4, -0.2) is 25.5 Å². The lowest BCUT2D eigenvalue weighted by Gasteiger charge is -2.26. The average molecular weight is 187 g/mol. The summed E-state index contributed by atoms with van der Waals surface area (Å²) in [6.07, 6.45) is 5.49. The van der Waals surface area contributed by atoms with Gasteiger partial charge in [-0.25, -0.2) is 0 Å². The lowest BCUT2D eigenvalue weighted by atomic mass is 10.0. The molecule has 3 nitrogen and oxygen atoms in total. The Morgan fingerprint density at radius 2 is 1.85 bits per heavy atom. The molecule has 0 aliphatic carbocycles. The van der Waals surface area contributed by atoms with Gasteiger partial charge in [0.2, 0.25) is 0 Å². The molecule has 0 aromatic rings. The summed E-state index contributed by atoms with van der Waals surface area (Å²) in [7, 11) is 0. The van der Waals surface area contributed by atoms with Gasteiger partial charge in [0.05, 0.1) is 13.2 Å². The summed E-state index contributed by atoms with van der Waals surface area (Å²) in [5.41, 5.74) is 5.54. The predicted molar refractivity (Wildman–Crippen MR) is 52.4 cm³/mol. The SMILES string of the molecule is CCCCCC1(CCN)OCCO1. The standard InChI is InChI=1S/C10H21NO2/c1-2-3-4-5-10(6-7-11)12-8-9-13-10/h2-9,11H2,1H3. The zero-order chi connectivity index (χ0) is 9.57. The molecule has 0 saturated carbocycles. The zero-order valence-corrected chi connectivity index (χ0v) is 8.55. The van der Waals surface area contributed by atoms with E-state index in [1.54, 1.807) is 0 Å². The molecule has 0 spiro atoms. The van der Waals surface area contributed by atoms with Crippen LogP contribution in [0.5, 0.6) is 0 Å². The Hall–Kier alpha value is -0.120. The minimum absolute atomic E-state index is 0.329. The Balaban J connectivity index is 2.28. The maximum absolute atomic E-state index is 5.63. The van der Waals surface area contributed by atoms with Gasteiger partial charge in [0.1, 0.15) is 0 Å². The summed E-state index contributed by atoms with van der Waals surface area (Å²) in [4.78, 5) is 0. The summed E-state index contributed by atoms with van der Waals surface area (Å²) in [6, 6.07) is 0. The van der Waals surface area contributed by atoms with Gasteiger partial charge in [0.25, 0.3) is 0 Å². The van der Waals surface area contributed by atoms with Crippen molar-refractivity contribution in [1.29, 1.82) is 0 Å². The molecule has 13 heavy (non-hydrogen) atoms. The second-order valence-electron chi connectivity index (χ2n) is 3.60. The molecule has 0 aromatic carbocycles. The molecular formula is C10H21NO2. The van der Waals surface area contributed by atoms with Crippen LogP contribution >= 0.6 is 0 Å². The Morgan fingerprint density at radius 3 is 2.38 bits per heavy atom. The van der Waals surface area contributed by atoms with E-state index in [1.807, 2.05) is 0 Å². The number of nitrogens with two attached hydrogens (primary N) is 1. The maximum Gasteiger partial charge on any atom is 0.169 e. The molecule has 0 aromatic heterocycles. The van der Waals surface area contributed by atoms with E-state index in [1.165, 1.54) is 19.3 Å². The normalized spacial score (nSPS) is 20.8. The lowest BCUT2D eigenvalue weighted by Crippen LogP contribution is -2.32. The molecule has 2 N–H and O–H groups in total. The van der Waals surface area contributed by atoms with Crippen molar-refractivity contribution in [3.05, 3.63) is 0 Å². The molecule has 1 saturated heterocycles. The summed E-state index contributed by atoms with van der Waals surface area (Å²) in [5.74, 6) is -0.329. The third-order valence-corrected chi connectivity index (χ3v) is 2.50. The van der Waals surface area contributed by atoms with Crippen molar-refractivity contribution in [2.24, 2.45) is 5.73 Å². The number of unbranched alkanes of at least 4 members (excludes halogenated alkanes) is 2. The average Bonchev–Trinajstić information content (AvgIpc) is 2.55. The van der Waals surface area contributed by atoms with E-state index in [-0.39, 0.29) is 5.79 Å². The van der Waals surface area contributed by atoms with Crippen molar-refractivity contribution in [3.63, 3.8) is 0 Å². The van der Waals surface area contributed by atoms with Crippen LogP contribution in [0, 0.1) is 0 Å². The van der Waals surface area contributed by atoms with Gasteiger partial charge in [-0.3, -0.25) is 0 Å². The Kier molecular flexibility index (Phi) is 4.70. The molecule has 0 radical (unpaired) electrons. The van der Waals surface area contributed by atoms with Crippen LogP contribution in [0.1, 0.15) is 39.0 Å². The van der Waals surface area contributed by atoms with Crippen LogP contribution in [0.4, 0.5) is 0 Å². The molecule has 78 valence electrons. The van der Waals surface area contributed by atoms with E-state index in [2.05, 4.69) is 6.92 Å². The highest BCUT2D eigenvalue weighted by Crippen LogP contribution is 2.28. The van der Waals surface area contributed by atoms with Gasteiger partial charge in [-0.05, 0) is 13.0 Å². The fourth-order valence-corrected chi connectivity index (χ4v) is 1.77. The van der Waals surface area contributed by atoms with Crippen LogP contribution in [0.15, 0.2) is 0 Å². The Labute approximate surface area is 80.6 Å². The first kappa shape index (κ1) is 11.0. The van der Waals surface area contributed by atoms with E-state index in [4.69, 9.17) is 15.2 Å². The quantitative estimate of drug-likeness (QED) is 0.643. The molecule has 0 amide bonds. The minimum atomic E-state index is -0.329. The van der Waals surface area contributed by atoms with Gasteiger partial charge in [-0.15, -0.1) is 0 Å². The van der Waals surface area contributed by atoms with E-state index in [0.29, 0.717) is 6.54 Å². The van der Waals surface area contributed by atoms with Gasteiger partial charge in [0, 0.05) is 12.8 Å². The fraction of sp³-hybridized carbons (Fsp3) is 1.00. The van der Waals surface area contributed by atoms with Gasteiger partial charge in [-0.2, -0.15) is 0 Å². The molecular weight excluding hydrogens is 166 g/mol. The molecule has 1 heterocycles. The summed E-state index contributed by atoms with van der Waals surface area (Å²) >= 11 is 0. The molecule has 0 atom stereocenters. The Morgan fingerprint density at radius 1 is 1.15 bits per heavy atom. The number of hydrogen-bond donors (Lipinski definition) is 1. The smallest absolute Gasteiger partial charge is 0.169 e. The van der Waals surface area contributed by atoms with E-state index in [9.17, 15) is 0 Å². The summed E-state index contributed by atoms with van der Waals surface area (Å²) < 4.78 is 11.3. The van der Waals surface area contributed by atoms with Gasteiger partial charge in [-0.1, -0.05) is 19.8 Å². The molecule has 0 unspecified atom stereocenters. The molecule has 0 bridgehead atoms. The van der Waals surface area contributed by atoms with Crippen LogP contribution in [0.2, 0.25) is 0 Å². The largest absolute Gasteiger partial charge is 0.347 e. The van der Waals surface area contributed by atoms with Crippen LogP contribution in [-0.2, 0) is 9.47 Å². The molecule has 3 heteroatoms. The van der Waals surface area contributed by atoms with Crippen molar-refractivity contribution in [2.75, 3.05) is 19.8 Å². The van der Waals surface area contributed by atoms with Crippen molar-refractivity contribution < 1.29 is 9.47 Å². The Bertz CT molecular complexity index is 133. The third-order valence-electron chi connectivity index (χ3n) is 2.50. The first-order valence-corrected chi connectivity index (χ1v) is 5.31. The van der Waals surface area contributed by atoms with Crippen molar-refractivity contribution in [3.8, 4) is 0 Å². The monoisotopic (exact) mass is 187 g/mol. The number of ether oxygens (including phenoxy) is 2. The topological polar surface area (TPSA) is 44.5 Å². The van der Waals surface area contributed by atoms with Crippen LogP contribution in [0.3, 0.4) is 0 Å². The van der Waals surface area contributed by atoms with Gasteiger partial charge < -0.3 is 15.2 Å². The minimum Gasteiger partial charge on any atom is -0.347 e. The first-order chi connectivity index (χ1) is 6.33. The van der Waals surface area contributed by atoms with Crippen LogP contribution < -0.4 is 5.73 Å². The number of rotatable bonds is 6. The molecule has 1 fully saturated rings. The van der Waals surface area contributed by atoms with E-state index in [0.717, 1.165) is 26.1 Å². The summed E-state index contributed by atoms with van der Waals surface area (Å²) in [5, 5.41) is 0. The molecule has 1 rings (SSSR count). The van der Waals surface area contributed by atoms with Crippen LogP contribution in [0.25, 0.3) is 0 Å². The fourth-order valence-electron chi connectivity index (χ4n) is 1.77. The van der Waals surface area contributed by atoms with Crippen molar-refractivity contribution >= 4 is 0 Å². The third kappa shape index (κ3) is 3.25. The molecule has 1 aliphatic rings. The first-order valence-electron chi connectivity index (χ1n) is 5.31. The van der Waals surface area contributed by atoms with Crippen molar-refractivity contribution in [2.45, 2.75) is 44.8 Å². The lowest BCUT2D eigenvalue weighted by molar-refractivity contribution is -0.165. The van der Waals surface area contributed by atoms with Crippen molar-refractivity contribution in [1.82, 2.24) is 0 Å².